The van der Waals surface area contributed by atoms with Crippen molar-refractivity contribution in [2.45, 2.75) is 37.6 Å². The number of aromatic nitrogens is 4. The van der Waals surface area contributed by atoms with Crippen molar-refractivity contribution in [1.82, 2.24) is 30.0 Å². The Labute approximate surface area is 167 Å². The van der Waals surface area contributed by atoms with Gasteiger partial charge in [0.15, 0.2) is 0 Å². The lowest BCUT2D eigenvalue weighted by Gasteiger charge is -2.39. The van der Waals surface area contributed by atoms with E-state index in [0.717, 1.165) is 50.2 Å². The molecular weight excluding hydrogens is 368 g/mol. The highest BCUT2D eigenvalue weighted by Gasteiger charge is 2.29. The fourth-order valence-electron chi connectivity index (χ4n) is 4.76. The Balaban J connectivity index is 1.46. The predicted octanol–water partition coefficient (Wildman–Crippen LogP) is 1.33. The van der Waals surface area contributed by atoms with Crippen LogP contribution in [-0.4, -0.2) is 56.9 Å². The average Bonchev–Trinajstić information content (AvgIpc) is 3.15. The Kier molecular flexibility index (Phi) is 4.81. The molecule has 2 aliphatic heterocycles. The molecule has 5 rings (SSSR count). The standard InChI is InChI=1S/C21H26N6O2/c28-18-7-6-14-3-1-5-17(19(14)23-18)27-21(29)24-20(25-27)15-4-2-12-26(13-15)16-8-10-22-11-9-16/h1,3,5-7,15-16,22H,2,4,8-13H2,(H,23,28)(H,24,25,29). The summed E-state index contributed by atoms with van der Waals surface area (Å²) in [4.78, 5) is 32.9. The van der Waals surface area contributed by atoms with Gasteiger partial charge in [-0.15, -0.1) is 5.10 Å². The van der Waals surface area contributed by atoms with Crippen molar-refractivity contribution in [3.63, 3.8) is 0 Å². The maximum atomic E-state index is 12.7. The number of rotatable bonds is 3. The van der Waals surface area contributed by atoms with Crippen molar-refractivity contribution in [3.8, 4) is 5.69 Å². The van der Waals surface area contributed by atoms with Gasteiger partial charge in [0.2, 0.25) is 5.56 Å². The van der Waals surface area contributed by atoms with Gasteiger partial charge in [-0.3, -0.25) is 14.7 Å². The van der Waals surface area contributed by atoms with Crippen LogP contribution in [0.4, 0.5) is 0 Å². The minimum Gasteiger partial charge on any atom is -0.320 e. The van der Waals surface area contributed by atoms with Crippen LogP contribution in [0.25, 0.3) is 16.6 Å². The maximum Gasteiger partial charge on any atom is 0.348 e. The first-order chi connectivity index (χ1) is 14.2. The van der Waals surface area contributed by atoms with Gasteiger partial charge >= 0.3 is 5.69 Å². The Morgan fingerprint density at radius 3 is 2.72 bits per heavy atom. The molecule has 29 heavy (non-hydrogen) atoms. The molecule has 2 fully saturated rings. The number of benzene rings is 1. The summed E-state index contributed by atoms with van der Waals surface area (Å²) < 4.78 is 1.39. The first kappa shape index (κ1) is 18.3. The summed E-state index contributed by atoms with van der Waals surface area (Å²) in [6.45, 7) is 4.22. The number of piperidine rings is 2. The number of para-hydroxylation sites is 1. The van der Waals surface area contributed by atoms with Gasteiger partial charge in [0.1, 0.15) is 5.82 Å². The molecule has 4 heterocycles. The third kappa shape index (κ3) is 3.54. The molecule has 2 saturated heterocycles. The molecule has 0 spiro atoms. The van der Waals surface area contributed by atoms with Gasteiger partial charge < -0.3 is 10.3 Å². The monoisotopic (exact) mass is 394 g/mol. The van der Waals surface area contributed by atoms with Crippen LogP contribution in [0.15, 0.2) is 39.9 Å². The molecule has 0 saturated carbocycles. The fourth-order valence-corrected chi connectivity index (χ4v) is 4.76. The van der Waals surface area contributed by atoms with Crippen molar-refractivity contribution >= 4 is 10.9 Å². The summed E-state index contributed by atoms with van der Waals surface area (Å²) in [6, 6.07) is 9.46. The van der Waals surface area contributed by atoms with Crippen LogP contribution in [0.2, 0.25) is 0 Å². The Morgan fingerprint density at radius 1 is 1.00 bits per heavy atom. The fraction of sp³-hybridized carbons (Fsp3) is 0.476. The molecule has 152 valence electrons. The zero-order valence-corrected chi connectivity index (χ0v) is 16.4. The SMILES string of the molecule is O=c1ccc2cccc(-n3nc(C4CCCN(C5CCNCC5)C4)[nH]c3=O)c2[nH]1. The highest BCUT2D eigenvalue weighted by atomic mass is 16.2. The van der Waals surface area contributed by atoms with Crippen molar-refractivity contribution in [1.29, 1.82) is 0 Å². The summed E-state index contributed by atoms with van der Waals surface area (Å²) in [5, 5.41) is 8.95. The molecule has 3 N–H and O–H groups in total. The number of likely N-dealkylation sites (tertiary alicyclic amines) is 1. The van der Waals surface area contributed by atoms with Crippen LogP contribution in [-0.2, 0) is 0 Å². The van der Waals surface area contributed by atoms with E-state index in [-0.39, 0.29) is 17.2 Å². The van der Waals surface area contributed by atoms with Crippen molar-refractivity contribution in [3.05, 3.63) is 57.0 Å². The number of fused-ring (bicyclic) bond motifs is 1. The van der Waals surface area contributed by atoms with Gasteiger partial charge in [0.25, 0.3) is 0 Å². The molecule has 3 aromatic rings. The number of H-pyrrole nitrogens is 2. The van der Waals surface area contributed by atoms with Crippen LogP contribution >= 0.6 is 0 Å². The van der Waals surface area contributed by atoms with E-state index in [1.54, 1.807) is 6.07 Å². The second-order valence-electron chi connectivity index (χ2n) is 8.11. The van der Waals surface area contributed by atoms with E-state index in [0.29, 0.717) is 17.2 Å². The summed E-state index contributed by atoms with van der Waals surface area (Å²) >= 11 is 0. The molecule has 2 aliphatic rings. The average molecular weight is 394 g/mol. The minimum absolute atomic E-state index is 0.196. The third-order valence-electron chi connectivity index (χ3n) is 6.27. The quantitative estimate of drug-likeness (QED) is 0.623. The van der Waals surface area contributed by atoms with Gasteiger partial charge in [-0.25, -0.2) is 4.79 Å². The third-order valence-corrected chi connectivity index (χ3v) is 6.27. The molecule has 0 radical (unpaired) electrons. The van der Waals surface area contributed by atoms with E-state index < -0.39 is 0 Å². The topological polar surface area (TPSA) is 98.8 Å². The van der Waals surface area contributed by atoms with E-state index in [2.05, 4.69) is 25.3 Å². The molecule has 8 nitrogen and oxygen atoms in total. The van der Waals surface area contributed by atoms with E-state index in [1.165, 1.54) is 23.6 Å². The summed E-state index contributed by atoms with van der Waals surface area (Å²) in [6.07, 6.45) is 4.51. The van der Waals surface area contributed by atoms with Crippen LogP contribution in [0, 0.1) is 0 Å². The van der Waals surface area contributed by atoms with Crippen LogP contribution < -0.4 is 16.6 Å². The van der Waals surface area contributed by atoms with Gasteiger partial charge in [0.05, 0.1) is 11.2 Å². The van der Waals surface area contributed by atoms with E-state index in [9.17, 15) is 9.59 Å². The molecule has 1 unspecified atom stereocenters. The molecule has 2 aromatic heterocycles. The van der Waals surface area contributed by atoms with E-state index >= 15 is 0 Å². The first-order valence-electron chi connectivity index (χ1n) is 10.5. The second-order valence-corrected chi connectivity index (χ2v) is 8.11. The lowest BCUT2D eigenvalue weighted by Crippen LogP contribution is -2.47. The Morgan fingerprint density at radius 2 is 1.86 bits per heavy atom. The zero-order chi connectivity index (χ0) is 19.8. The molecule has 0 amide bonds. The van der Waals surface area contributed by atoms with Crippen molar-refractivity contribution in [2.24, 2.45) is 0 Å². The second kappa shape index (κ2) is 7.61. The molecule has 1 atom stereocenters. The highest BCUT2D eigenvalue weighted by molar-refractivity contribution is 5.85. The summed E-state index contributed by atoms with van der Waals surface area (Å²) in [5.74, 6) is 0.963. The largest absolute Gasteiger partial charge is 0.348 e. The summed E-state index contributed by atoms with van der Waals surface area (Å²) in [7, 11) is 0. The molecule has 0 aliphatic carbocycles. The number of aromatic amines is 2. The molecule has 1 aromatic carbocycles. The normalized spacial score (nSPS) is 21.6. The number of nitrogens with zero attached hydrogens (tertiary/aromatic N) is 3. The Hall–Kier alpha value is -2.71. The van der Waals surface area contributed by atoms with Gasteiger partial charge in [-0.05, 0) is 57.5 Å². The highest BCUT2D eigenvalue weighted by Crippen LogP contribution is 2.27. The van der Waals surface area contributed by atoms with Gasteiger partial charge in [0, 0.05) is 30.0 Å². The van der Waals surface area contributed by atoms with Crippen molar-refractivity contribution in [2.75, 3.05) is 26.2 Å². The predicted molar refractivity (Wildman–Crippen MR) is 112 cm³/mol. The lowest BCUT2D eigenvalue weighted by atomic mass is 9.94. The van der Waals surface area contributed by atoms with Crippen LogP contribution in [0.1, 0.15) is 37.4 Å². The smallest absolute Gasteiger partial charge is 0.320 e. The van der Waals surface area contributed by atoms with Gasteiger partial charge in [-0.1, -0.05) is 12.1 Å². The summed E-state index contributed by atoms with van der Waals surface area (Å²) in [5.41, 5.74) is 0.758. The Bertz CT molecular complexity index is 1120. The maximum absolute atomic E-state index is 12.7. The van der Waals surface area contributed by atoms with Crippen LogP contribution in [0.3, 0.4) is 0 Å². The van der Waals surface area contributed by atoms with Crippen molar-refractivity contribution < 1.29 is 0 Å². The molecule has 0 bridgehead atoms. The minimum atomic E-state index is -0.267. The number of nitrogens with one attached hydrogen (secondary N) is 3. The van der Waals surface area contributed by atoms with Gasteiger partial charge in [-0.2, -0.15) is 4.68 Å². The van der Waals surface area contributed by atoms with E-state index in [1.807, 2.05) is 18.2 Å². The number of pyridine rings is 1. The first-order valence-corrected chi connectivity index (χ1v) is 10.5. The molecule has 8 heteroatoms. The zero-order valence-electron chi connectivity index (χ0n) is 16.4. The molecular formula is C21H26N6O2. The van der Waals surface area contributed by atoms with E-state index in [4.69, 9.17) is 0 Å². The number of hydrogen-bond acceptors (Lipinski definition) is 5. The number of hydrogen-bond donors (Lipinski definition) is 3. The van der Waals surface area contributed by atoms with Crippen LogP contribution in [0.5, 0.6) is 0 Å². The lowest BCUT2D eigenvalue weighted by molar-refractivity contribution is 0.121.